The van der Waals surface area contributed by atoms with Gasteiger partial charge in [0.1, 0.15) is 10.8 Å². The number of halogens is 1. The first-order valence-corrected chi connectivity index (χ1v) is 14.0. The molecule has 3 aromatic rings. The van der Waals surface area contributed by atoms with E-state index in [1.807, 2.05) is 0 Å². The van der Waals surface area contributed by atoms with Crippen molar-refractivity contribution < 1.29 is 23.5 Å². The fraction of sp³-hybridized carbons (Fsp3) is 0.346. The van der Waals surface area contributed by atoms with Crippen molar-refractivity contribution in [3.05, 3.63) is 70.1 Å². The Morgan fingerprint density at radius 2 is 2.03 bits per heavy atom. The lowest BCUT2D eigenvalue weighted by molar-refractivity contribution is -0.113. The van der Waals surface area contributed by atoms with Crippen molar-refractivity contribution in [3.8, 4) is 0 Å². The Labute approximate surface area is 227 Å². The summed E-state index contributed by atoms with van der Waals surface area (Å²) in [6.07, 6.45) is 5.39. The molecule has 1 aromatic carbocycles. The zero-order chi connectivity index (χ0) is 27.1. The molecule has 0 spiro atoms. The normalized spacial score (nSPS) is 12.5. The number of thiophene rings is 1. The number of thioether (sulfide) groups is 1. The van der Waals surface area contributed by atoms with Crippen LogP contribution >= 0.6 is 23.1 Å². The number of allylic oxidation sites excluding steroid dienone is 1. The number of carbonyl (C=O) groups is 3. The average Bonchev–Trinajstić information content (AvgIpc) is 3.47. The van der Waals surface area contributed by atoms with Crippen molar-refractivity contribution in [2.24, 2.45) is 0 Å². The smallest absolute Gasteiger partial charge is 0.341 e. The van der Waals surface area contributed by atoms with Crippen LogP contribution in [0.4, 0.5) is 9.39 Å². The predicted octanol–water partition coefficient (Wildman–Crippen LogP) is 4.38. The number of anilines is 1. The molecule has 2 heterocycles. The summed E-state index contributed by atoms with van der Waals surface area (Å²) in [4.78, 5) is 39.0. The first-order valence-electron chi connectivity index (χ1n) is 12.2. The second-order valence-corrected chi connectivity index (χ2v) is 10.5. The summed E-state index contributed by atoms with van der Waals surface area (Å²) < 4.78 is 20.9. The van der Waals surface area contributed by atoms with Gasteiger partial charge in [-0.05, 0) is 50.3 Å². The number of benzene rings is 1. The number of hydrogen-bond acceptors (Lipinski definition) is 8. The van der Waals surface area contributed by atoms with Gasteiger partial charge in [0.15, 0.2) is 11.0 Å². The molecule has 2 amide bonds. The molecular formula is C26H28FN5O4S2. The lowest BCUT2D eigenvalue weighted by atomic mass is 9.95. The molecule has 0 saturated carbocycles. The largest absolute Gasteiger partial charge is 0.462 e. The van der Waals surface area contributed by atoms with E-state index in [1.54, 1.807) is 23.6 Å². The van der Waals surface area contributed by atoms with Crippen molar-refractivity contribution >= 4 is 45.9 Å². The minimum Gasteiger partial charge on any atom is -0.462 e. The Kier molecular flexibility index (Phi) is 9.29. The number of aromatic nitrogens is 3. The first-order chi connectivity index (χ1) is 18.4. The Bertz CT molecular complexity index is 1350. The third-order valence-electron chi connectivity index (χ3n) is 5.87. The Hall–Kier alpha value is -3.51. The zero-order valence-corrected chi connectivity index (χ0v) is 22.6. The number of rotatable bonds is 11. The highest BCUT2D eigenvalue weighted by atomic mass is 32.2. The van der Waals surface area contributed by atoms with Crippen molar-refractivity contribution in [2.45, 2.75) is 50.9 Å². The van der Waals surface area contributed by atoms with Crippen LogP contribution in [0.2, 0.25) is 0 Å². The van der Waals surface area contributed by atoms with Gasteiger partial charge in [-0.2, -0.15) is 0 Å². The van der Waals surface area contributed by atoms with Gasteiger partial charge in [-0.15, -0.1) is 28.1 Å². The molecule has 0 unspecified atom stereocenters. The summed E-state index contributed by atoms with van der Waals surface area (Å²) in [6.45, 7) is 6.14. The fourth-order valence-corrected chi connectivity index (χ4v) is 6.20. The van der Waals surface area contributed by atoms with Crippen LogP contribution in [0.1, 0.15) is 56.7 Å². The number of amides is 2. The number of carbonyl (C=O) groups excluding carboxylic acids is 3. The molecule has 2 N–H and O–H groups in total. The van der Waals surface area contributed by atoms with Crippen LogP contribution in [0, 0.1) is 5.82 Å². The van der Waals surface area contributed by atoms with Gasteiger partial charge in [-0.25, -0.2) is 9.18 Å². The molecule has 12 heteroatoms. The van der Waals surface area contributed by atoms with Gasteiger partial charge in [-0.3, -0.25) is 9.59 Å². The molecule has 0 aliphatic heterocycles. The van der Waals surface area contributed by atoms with Gasteiger partial charge >= 0.3 is 5.97 Å². The van der Waals surface area contributed by atoms with E-state index < -0.39 is 17.7 Å². The standard InChI is InChI=1S/C26H28FN5O4S2/c1-3-13-32-20(14-28-23(34)16-9-5-7-11-18(16)27)30-31-26(32)37-15-21(33)29-24-22(25(35)36-4-2)17-10-6-8-12-19(17)38-24/h3,5,7,9,11H,1,4,6,8,10,12-15H2,2H3,(H,28,34)(H,29,33). The lowest BCUT2D eigenvalue weighted by Gasteiger charge is -2.12. The molecule has 38 heavy (non-hydrogen) atoms. The summed E-state index contributed by atoms with van der Waals surface area (Å²) >= 11 is 2.61. The molecule has 1 aliphatic carbocycles. The van der Waals surface area contributed by atoms with Crippen LogP contribution in [-0.2, 0) is 35.5 Å². The first kappa shape index (κ1) is 27.5. The number of nitrogens with zero attached hydrogens (tertiary/aromatic N) is 3. The molecule has 1 aliphatic rings. The Morgan fingerprint density at radius 3 is 2.79 bits per heavy atom. The van der Waals surface area contributed by atoms with Crippen molar-refractivity contribution in [3.63, 3.8) is 0 Å². The number of hydrogen-bond donors (Lipinski definition) is 2. The van der Waals surface area contributed by atoms with E-state index in [9.17, 15) is 18.8 Å². The summed E-state index contributed by atoms with van der Waals surface area (Å²) in [5, 5.41) is 14.8. The molecule has 0 fully saturated rings. The number of fused-ring (bicyclic) bond motifs is 1. The molecule has 4 rings (SSSR count). The lowest BCUT2D eigenvalue weighted by Crippen LogP contribution is -2.25. The van der Waals surface area contributed by atoms with E-state index in [-0.39, 0.29) is 30.4 Å². The molecular weight excluding hydrogens is 529 g/mol. The maximum atomic E-state index is 13.9. The average molecular weight is 558 g/mol. The maximum Gasteiger partial charge on any atom is 0.341 e. The summed E-state index contributed by atoms with van der Waals surface area (Å²) in [5.41, 5.74) is 1.38. The topological polar surface area (TPSA) is 115 Å². The fourth-order valence-electron chi connectivity index (χ4n) is 4.13. The molecule has 0 radical (unpaired) electrons. The van der Waals surface area contributed by atoms with Crippen LogP contribution in [0.15, 0.2) is 42.1 Å². The number of nitrogens with one attached hydrogen (secondary N) is 2. The van der Waals surface area contributed by atoms with Crippen LogP contribution in [0.25, 0.3) is 0 Å². The summed E-state index contributed by atoms with van der Waals surface area (Å²) in [6, 6.07) is 5.71. The van der Waals surface area contributed by atoms with Crippen molar-refractivity contribution in [2.75, 3.05) is 17.7 Å². The highest BCUT2D eigenvalue weighted by molar-refractivity contribution is 7.99. The second kappa shape index (κ2) is 12.8. The molecule has 0 saturated heterocycles. The van der Waals surface area contributed by atoms with Crippen LogP contribution in [0.5, 0.6) is 0 Å². The maximum absolute atomic E-state index is 13.9. The third-order valence-corrected chi connectivity index (χ3v) is 8.04. The molecule has 2 aromatic heterocycles. The Balaban J connectivity index is 1.42. The van der Waals surface area contributed by atoms with Gasteiger partial charge < -0.3 is 19.9 Å². The van der Waals surface area contributed by atoms with E-state index in [2.05, 4.69) is 27.4 Å². The highest BCUT2D eigenvalue weighted by Crippen LogP contribution is 2.38. The number of aryl methyl sites for hydroxylation is 1. The van der Waals surface area contributed by atoms with Crippen molar-refractivity contribution in [1.29, 1.82) is 0 Å². The van der Waals surface area contributed by atoms with E-state index in [0.29, 0.717) is 28.1 Å². The Morgan fingerprint density at radius 1 is 1.24 bits per heavy atom. The van der Waals surface area contributed by atoms with Gasteiger partial charge in [-0.1, -0.05) is 30.0 Å². The molecule has 200 valence electrons. The van der Waals surface area contributed by atoms with Crippen molar-refractivity contribution in [1.82, 2.24) is 20.1 Å². The second-order valence-electron chi connectivity index (χ2n) is 8.43. The molecule has 0 bridgehead atoms. The minimum atomic E-state index is -0.613. The van der Waals surface area contributed by atoms with Crippen LogP contribution < -0.4 is 10.6 Å². The summed E-state index contributed by atoms with van der Waals surface area (Å²) in [5.74, 6) is -1.42. The van der Waals surface area contributed by atoms with Gasteiger partial charge in [0, 0.05) is 11.4 Å². The zero-order valence-electron chi connectivity index (χ0n) is 20.9. The predicted molar refractivity (Wildman–Crippen MR) is 144 cm³/mol. The quantitative estimate of drug-likeness (QED) is 0.204. The van der Waals surface area contributed by atoms with Gasteiger partial charge in [0.25, 0.3) is 5.91 Å². The van der Waals surface area contributed by atoms with E-state index in [1.165, 1.54) is 41.3 Å². The number of ether oxygens (including phenoxy) is 1. The van der Waals surface area contributed by atoms with Crippen LogP contribution in [-0.4, -0.2) is 44.9 Å². The summed E-state index contributed by atoms with van der Waals surface area (Å²) in [7, 11) is 0. The molecule has 0 atom stereocenters. The number of esters is 1. The van der Waals surface area contributed by atoms with Gasteiger partial charge in [0.05, 0.1) is 30.0 Å². The van der Waals surface area contributed by atoms with E-state index in [0.717, 1.165) is 36.1 Å². The van der Waals surface area contributed by atoms with Crippen LogP contribution in [0.3, 0.4) is 0 Å². The van der Waals surface area contributed by atoms with Gasteiger partial charge in [0.2, 0.25) is 5.91 Å². The minimum absolute atomic E-state index is 0.0183. The molecule has 9 nitrogen and oxygen atoms in total. The van der Waals surface area contributed by atoms with E-state index in [4.69, 9.17) is 4.74 Å². The van der Waals surface area contributed by atoms with E-state index >= 15 is 0 Å². The monoisotopic (exact) mass is 557 g/mol. The highest BCUT2D eigenvalue weighted by Gasteiger charge is 2.27. The third kappa shape index (κ3) is 6.30. The SMILES string of the molecule is C=CCn1c(CNC(=O)c2ccccc2F)nnc1SCC(=O)Nc1sc2c(c1C(=O)OCC)CCCC2.